The number of carbonyl (C=O) groups excluding carboxylic acids is 1. The molecule has 128 valence electrons. The third-order valence-corrected chi connectivity index (χ3v) is 4.85. The topological polar surface area (TPSA) is 83.5 Å². The molecule has 2 heterocycles. The number of nitrogens with zero attached hydrogens (tertiary/aromatic N) is 1. The summed E-state index contributed by atoms with van der Waals surface area (Å²) < 4.78 is 5.40. The van der Waals surface area contributed by atoms with E-state index in [1.807, 2.05) is 24.4 Å². The van der Waals surface area contributed by atoms with Crippen molar-refractivity contribution in [3.63, 3.8) is 0 Å². The summed E-state index contributed by atoms with van der Waals surface area (Å²) in [5.41, 5.74) is 1.89. The van der Waals surface area contributed by atoms with Gasteiger partial charge in [0.2, 0.25) is 0 Å². The Morgan fingerprint density at radius 3 is 2.83 bits per heavy atom. The van der Waals surface area contributed by atoms with Gasteiger partial charge in [-0.05, 0) is 19.1 Å². The first-order chi connectivity index (χ1) is 11.6. The number of rotatable bonds is 5. The molecule has 0 bridgehead atoms. The molecule has 0 radical (unpaired) electrons. The quantitative estimate of drug-likeness (QED) is 0.757. The van der Waals surface area contributed by atoms with Gasteiger partial charge >= 0.3 is 0 Å². The van der Waals surface area contributed by atoms with Gasteiger partial charge in [0.15, 0.2) is 0 Å². The minimum atomic E-state index is -0.605. The van der Waals surface area contributed by atoms with Gasteiger partial charge in [0.1, 0.15) is 0 Å². The maximum Gasteiger partial charge on any atom is 0.251 e. The highest BCUT2D eigenvalue weighted by molar-refractivity contribution is 7.09. The second kappa shape index (κ2) is 7.40. The molecule has 1 aliphatic heterocycles. The van der Waals surface area contributed by atoms with Gasteiger partial charge in [-0.15, -0.1) is 11.3 Å². The van der Waals surface area contributed by atoms with Crippen LogP contribution in [0.1, 0.15) is 15.4 Å². The van der Waals surface area contributed by atoms with Crippen LogP contribution in [0.15, 0.2) is 29.6 Å². The summed E-state index contributed by atoms with van der Waals surface area (Å²) in [6.45, 7) is 3.86. The van der Waals surface area contributed by atoms with E-state index >= 15 is 0 Å². The zero-order chi connectivity index (χ0) is 17.0. The van der Waals surface area contributed by atoms with E-state index in [0.29, 0.717) is 31.9 Å². The molecule has 1 aromatic heterocycles. The zero-order valence-electron chi connectivity index (χ0n) is 13.5. The number of ether oxygens (including phenoxy) is 1. The van der Waals surface area contributed by atoms with E-state index in [-0.39, 0.29) is 12.5 Å². The van der Waals surface area contributed by atoms with Crippen LogP contribution in [0.4, 0.5) is 0 Å². The van der Waals surface area contributed by atoms with Gasteiger partial charge < -0.3 is 20.5 Å². The SMILES string of the molecule is Cc1nc(-c2ccc(C(=O)NCC3(CO)COCCN3)cc2)cs1. The molecule has 6 nitrogen and oxygen atoms in total. The summed E-state index contributed by atoms with van der Waals surface area (Å²) in [6, 6.07) is 7.37. The van der Waals surface area contributed by atoms with Gasteiger partial charge in [0.05, 0.1) is 36.1 Å². The molecule has 1 fully saturated rings. The average molecular weight is 347 g/mol. The number of aliphatic hydroxyl groups is 1. The van der Waals surface area contributed by atoms with Crippen LogP contribution in [0, 0.1) is 6.92 Å². The summed E-state index contributed by atoms with van der Waals surface area (Å²) in [6.07, 6.45) is 0. The molecule has 0 saturated carbocycles. The molecular formula is C17H21N3O3S. The summed E-state index contributed by atoms with van der Waals surface area (Å²) in [7, 11) is 0. The van der Waals surface area contributed by atoms with Crippen molar-refractivity contribution in [1.29, 1.82) is 0 Å². The van der Waals surface area contributed by atoms with E-state index in [1.165, 1.54) is 0 Å². The monoisotopic (exact) mass is 347 g/mol. The second-order valence-corrected chi connectivity index (χ2v) is 6.99. The molecule has 1 aromatic carbocycles. The predicted octanol–water partition coefficient (Wildman–Crippen LogP) is 1.20. The highest BCUT2D eigenvalue weighted by Gasteiger charge is 2.32. The van der Waals surface area contributed by atoms with Crippen LogP contribution < -0.4 is 10.6 Å². The normalized spacial score (nSPS) is 20.8. The third kappa shape index (κ3) is 3.81. The Labute approximate surface area is 144 Å². The Morgan fingerprint density at radius 2 is 2.25 bits per heavy atom. The van der Waals surface area contributed by atoms with Gasteiger partial charge in [-0.1, -0.05) is 12.1 Å². The van der Waals surface area contributed by atoms with Crippen LogP contribution in [-0.2, 0) is 4.74 Å². The molecule has 0 aliphatic carbocycles. The molecule has 1 amide bonds. The number of amides is 1. The number of aryl methyl sites for hydroxylation is 1. The molecule has 3 N–H and O–H groups in total. The molecule has 0 spiro atoms. The highest BCUT2D eigenvalue weighted by Crippen LogP contribution is 2.21. The van der Waals surface area contributed by atoms with Crippen LogP contribution in [0.2, 0.25) is 0 Å². The van der Waals surface area contributed by atoms with Crippen LogP contribution >= 0.6 is 11.3 Å². The van der Waals surface area contributed by atoms with Crippen molar-refractivity contribution in [2.45, 2.75) is 12.5 Å². The molecule has 1 aliphatic rings. The van der Waals surface area contributed by atoms with Crippen molar-refractivity contribution >= 4 is 17.2 Å². The molecular weight excluding hydrogens is 326 g/mol. The average Bonchev–Trinajstić information content (AvgIpc) is 3.07. The number of hydrogen-bond acceptors (Lipinski definition) is 6. The van der Waals surface area contributed by atoms with E-state index in [2.05, 4.69) is 15.6 Å². The molecule has 24 heavy (non-hydrogen) atoms. The number of hydrogen-bond donors (Lipinski definition) is 3. The molecule has 1 unspecified atom stereocenters. The van der Waals surface area contributed by atoms with Crippen LogP contribution in [0.25, 0.3) is 11.3 Å². The van der Waals surface area contributed by atoms with Crippen LogP contribution in [0.5, 0.6) is 0 Å². The van der Waals surface area contributed by atoms with E-state index in [9.17, 15) is 9.90 Å². The summed E-state index contributed by atoms with van der Waals surface area (Å²) in [5, 5.41) is 18.7. The highest BCUT2D eigenvalue weighted by atomic mass is 32.1. The minimum absolute atomic E-state index is 0.0879. The maximum atomic E-state index is 12.3. The Morgan fingerprint density at radius 1 is 1.46 bits per heavy atom. The number of morpholine rings is 1. The van der Waals surface area contributed by atoms with Gasteiger partial charge in [-0.3, -0.25) is 4.79 Å². The van der Waals surface area contributed by atoms with Crippen LogP contribution in [-0.4, -0.2) is 54.4 Å². The second-order valence-electron chi connectivity index (χ2n) is 5.93. The van der Waals surface area contributed by atoms with Gasteiger partial charge in [0, 0.05) is 29.6 Å². The lowest BCUT2D eigenvalue weighted by atomic mass is 10.0. The van der Waals surface area contributed by atoms with Gasteiger partial charge in [-0.25, -0.2) is 4.98 Å². The standard InChI is InChI=1S/C17H21N3O3S/c1-12-20-15(8-24-12)13-2-4-14(5-3-13)16(22)18-9-17(10-21)11-23-7-6-19-17/h2-5,8,19,21H,6-7,9-11H2,1H3,(H,18,22). The molecule has 2 aromatic rings. The zero-order valence-corrected chi connectivity index (χ0v) is 14.4. The van der Waals surface area contributed by atoms with E-state index < -0.39 is 5.54 Å². The Hall–Kier alpha value is -1.80. The molecule has 1 atom stereocenters. The smallest absolute Gasteiger partial charge is 0.251 e. The minimum Gasteiger partial charge on any atom is -0.394 e. The van der Waals surface area contributed by atoms with Crippen molar-refractivity contribution in [3.8, 4) is 11.3 Å². The van der Waals surface area contributed by atoms with E-state index in [0.717, 1.165) is 16.3 Å². The Balaban J connectivity index is 1.62. The van der Waals surface area contributed by atoms with Gasteiger partial charge in [0.25, 0.3) is 5.91 Å². The first-order valence-corrected chi connectivity index (χ1v) is 8.74. The van der Waals surface area contributed by atoms with Gasteiger partial charge in [-0.2, -0.15) is 0 Å². The van der Waals surface area contributed by atoms with E-state index in [1.54, 1.807) is 23.5 Å². The molecule has 7 heteroatoms. The lowest BCUT2D eigenvalue weighted by Gasteiger charge is -2.36. The van der Waals surface area contributed by atoms with Crippen molar-refractivity contribution in [3.05, 3.63) is 40.2 Å². The van der Waals surface area contributed by atoms with Crippen LogP contribution in [0.3, 0.4) is 0 Å². The summed E-state index contributed by atoms with van der Waals surface area (Å²) in [4.78, 5) is 16.8. The number of thiazole rings is 1. The first kappa shape index (κ1) is 17.0. The Bertz CT molecular complexity index is 693. The fraction of sp³-hybridized carbons (Fsp3) is 0.412. The van der Waals surface area contributed by atoms with Crippen molar-refractivity contribution in [2.75, 3.05) is 32.9 Å². The lowest BCUT2D eigenvalue weighted by molar-refractivity contribution is 0.0000343. The number of aromatic nitrogens is 1. The molecule has 1 saturated heterocycles. The third-order valence-electron chi connectivity index (χ3n) is 4.08. The maximum absolute atomic E-state index is 12.3. The fourth-order valence-corrected chi connectivity index (χ4v) is 3.24. The summed E-state index contributed by atoms with van der Waals surface area (Å²) >= 11 is 1.60. The number of benzene rings is 1. The van der Waals surface area contributed by atoms with Crippen molar-refractivity contribution in [2.24, 2.45) is 0 Å². The molecule has 3 rings (SSSR count). The predicted molar refractivity (Wildman–Crippen MR) is 93.3 cm³/mol. The van der Waals surface area contributed by atoms with E-state index in [4.69, 9.17) is 4.74 Å². The Kier molecular flexibility index (Phi) is 5.25. The van der Waals surface area contributed by atoms with Crippen molar-refractivity contribution in [1.82, 2.24) is 15.6 Å². The largest absolute Gasteiger partial charge is 0.394 e. The summed E-state index contributed by atoms with van der Waals surface area (Å²) in [5.74, 6) is -0.170. The number of nitrogens with one attached hydrogen (secondary N) is 2. The fourth-order valence-electron chi connectivity index (χ4n) is 2.62. The number of carbonyl (C=O) groups is 1. The number of aliphatic hydroxyl groups excluding tert-OH is 1. The first-order valence-electron chi connectivity index (χ1n) is 7.86. The lowest BCUT2D eigenvalue weighted by Crippen LogP contribution is -2.62. The van der Waals surface area contributed by atoms with Crippen molar-refractivity contribution < 1.29 is 14.6 Å².